The van der Waals surface area contributed by atoms with Crippen molar-refractivity contribution in [3.63, 3.8) is 0 Å². The maximum absolute atomic E-state index is 13.0. The Kier molecular flexibility index (Phi) is 8.72. The molecule has 0 fully saturated rings. The number of rotatable bonds is 10. The molecule has 3 N–H and O–H groups in total. The number of sulfonamides is 2. The van der Waals surface area contributed by atoms with Crippen LogP contribution in [-0.2, 0) is 42.7 Å². The van der Waals surface area contributed by atoms with Crippen molar-refractivity contribution in [3.05, 3.63) is 35.4 Å². The van der Waals surface area contributed by atoms with E-state index in [1.807, 2.05) is 0 Å². The third-order valence-electron chi connectivity index (χ3n) is 3.94. The quantitative estimate of drug-likeness (QED) is 0.362. The number of esters is 1. The minimum Gasteiger partial charge on any atom is -0.481 e. The highest BCUT2D eigenvalue weighted by molar-refractivity contribution is 7.90. The molecule has 1 aromatic carbocycles. The second-order valence-electron chi connectivity index (χ2n) is 6.65. The zero-order valence-electron chi connectivity index (χ0n) is 18.6. The standard InChI is InChI=1S/C18H23N5O9S2/c1-11(24)32-10-13-6-5-12(9-19-33(4,26)27)7-14(13)34(28,29)23-18(25)22-17-20-15(30-2)8-16(21-17)31-3/h5-8,19H,9-10H2,1-4H3,(H2,20,21,22,23,25). The molecule has 14 nitrogen and oxygen atoms in total. The highest BCUT2D eigenvalue weighted by Crippen LogP contribution is 2.20. The van der Waals surface area contributed by atoms with Crippen molar-refractivity contribution in [1.29, 1.82) is 0 Å². The Hall–Kier alpha value is -3.50. The molecule has 34 heavy (non-hydrogen) atoms. The molecule has 0 saturated carbocycles. The van der Waals surface area contributed by atoms with Crippen molar-refractivity contribution in [2.45, 2.75) is 25.0 Å². The summed E-state index contributed by atoms with van der Waals surface area (Å²) in [7, 11) is -5.41. The Labute approximate surface area is 196 Å². The SMILES string of the molecule is COc1cc(OC)nc(NC(=O)NS(=O)(=O)c2cc(CNS(C)(=O)=O)ccc2COC(C)=O)n1. The normalized spacial score (nSPS) is 11.4. The van der Waals surface area contributed by atoms with Crippen molar-refractivity contribution in [3.8, 4) is 11.8 Å². The van der Waals surface area contributed by atoms with E-state index in [0.717, 1.165) is 19.2 Å². The van der Waals surface area contributed by atoms with Crippen LogP contribution < -0.4 is 24.2 Å². The summed E-state index contributed by atoms with van der Waals surface area (Å²) in [5.41, 5.74) is 0.330. The van der Waals surface area contributed by atoms with Crippen LogP contribution in [0.1, 0.15) is 18.1 Å². The van der Waals surface area contributed by atoms with Crippen LogP contribution in [0, 0.1) is 0 Å². The lowest BCUT2D eigenvalue weighted by Crippen LogP contribution is -2.35. The van der Waals surface area contributed by atoms with Crippen molar-refractivity contribution in [2.24, 2.45) is 0 Å². The van der Waals surface area contributed by atoms with Crippen LogP contribution in [0.4, 0.5) is 10.7 Å². The number of nitrogens with one attached hydrogen (secondary N) is 3. The molecule has 0 radical (unpaired) electrons. The molecule has 186 valence electrons. The topological polar surface area (TPSA) is 192 Å². The second-order valence-corrected chi connectivity index (χ2v) is 10.1. The first-order valence-corrected chi connectivity index (χ1v) is 12.7. The number of methoxy groups -OCH3 is 2. The summed E-state index contributed by atoms with van der Waals surface area (Å²) in [5, 5.41) is 2.16. The van der Waals surface area contributed by atoms with Crippen LogP contribution in [0.25, 0.3) is 0 Å². The van der Waals surface area contributed by atoms with Gasteiger partial charge >= 0.3 is 12.0 Å². The molecule has 1 aromatic heterocycles. The average molecular weight is 518 g/mol. The summed E-state index contributed by atoms with van der Waals surface area (Å²) in [5.74, 6) is -0.837. The summed E-state index contributed by atoms with van der Waals surface area (Å²) < 4.78 is 67.5. The summed E-state index contributed by atoms with van der Waals surface area (Å²) in [6.45, 7) is 0.536. The van der Waals surface area contributed by atoms with Crippen molar-refractivity contribution < 1.29 is 40.6 Å². The number of nitrogens with zero attached hydrogens (tertiary/aromatic N) is 2. The molecular formula is C18H23N5O9S2. The molecular weight excluding hydrogens is 494 g/mol. The lowest BCUT2D eigenvalue weighted by Gasteiger charge is -2.14. The fourth-order valence-corrected chi connectivity index (χ4v) is 4.06. The highest BCUT2D eigenvalue weighted by Gasteiger charge is 2.23. The van der Waals surface area contributed by atoms with Crippen LogP contribution >= 0.6 is 0 Å². The third-order valence-corrected chi connectivity index (χ3v) is 6.02. The van der Waals surface area contributed by atoms with E-state index in [1.54, 1.807) is 4.72 Å². The first-order valence-electron chi connectivity index (χ1n) is 9.33. The minimum atomic E-state index is -4.51. The monoisotopic (exact) mass is 517 g/mol. The Morgan fingerprint density at radius 1 is 1.00 bits per heavy atom. The van der Waals surface area contributed by atoms with Gasteiger partial charge in [-0.15, -0.1) is 0 Å². The zero-order chi connectivity index (χ0) is 25.5. The van der Waals surface area contributed by atoms with Gasteiger partial charge < -0.3 is 14.2 Å². The van der Waals surface area contributed by atoms with Gasteiger partial charge in [-0.1, -0.05) is 12.1 Å². The minimum absolute atomic E-state index is 0.0536. The van der Waals surface area contributed by atoms with Crippen molar-refractivity contribution in [2.75, 3.05) is 25.8 Å². The number of hydrogen-bond donors (Lipinski definition) is 3. The number of aromatic nitrogens is 2. The molecule has 2 rings (SSSR count). The molecule has 2 aromatic rings. The Morgan fingerprint density at radius 3 is 2.15 bits per heavy atom. The number of benzene rings is 1. The lowest BCUT2D eigenvalue weighted by molar-refractivity contribution is -0.142. The van der Waals surface area contributed by atoms with E-state index in [9.17, 15) is 26.4 Å². The number of anilines is 1. The van der Waals surface area contributed by atoms with Gasteiger partial charge in [0.05, 0.1) is 31.4 Å². The molecule has 16 heteroatoms. The van der Waals surface area contributed by atoms with Crippen LogP contribution in [-0.4, -0.2) is 59.3 Å². The van der Waals surface area contributed by atoms with Crippen LogP contribution in [0.5, 0.6) is 11.8 Å². The lowest BCUT2D eigenvalue weighted by atomic mass is 10.1. The molecule has 0 spiro atoms. The van der Waals surface area contributed by atoms with E-state index in [2.05, 4.69) is 20.0 Å². The smallest absolute Gasteiger partial charge is 0.335 e. The largest absolute Gasteiger partial charge is 0.481 e. The Balaban J connectivity index is 2.32. The van der Waals surface area contributed by atoms with E-state index >= 15 is 0 Å². The van der Waals surface area contributed by atoms with Crippen molar-refractivity contribution in [1.82, 2.24) is 19.4 Å². The van der Waals surface area contributed by atoms with Gasteiger partial charge in [0.15, 0.2) is 0 Å². The molecule has 0 aliphatic heterocycles. The number of amides is 2. The van der Waals surface area contributed by atoms with Gasteiger partial charge in [-0.25, -0.2) is 31.1 Å². The number of carbonyl (C=O) groups is 2. The predicted octanol–water partition coefficient (Wildman–Crippen LogP) is 0.117. The fraction of sp³-hybridized carbons (Fsp3) is 0.333. The summed E-state index contributed by atoms with van der Waals surface area (Å²) >= 11 is 0. The van der Waals surface area contributed by atoms with Gasteiger partial charge in [0, 0.05) is 19.0 Å². The molecule has 0 aliphatic carbocycles. The number of hydrogen-bond acceptors (Lipinski definition) is 11. The van der Waals surface area contributed by atoms with Gasteiger partial charge in [-0.3, -0.25) is 10.1 Å². The fourth-order valence-electron chi connectivity index (χ4n) is 2.45. The predicted molar refractivity (Wildman–Crippen MR) is 118 cm³/mol. The van der Waals surface area contributed by atoms with Gasteiger partial charge in [0.25, 0.3) is 10.0 Å². The van der Waals surface area contributed by atoms with Gasteiger partial charge in [-0.2, -0.15) is 9.97 Å². The van der Waals surface area contributed by atoms with E-state index in [4.69, 9.17) is 14.2 Å². The van der Waals surface area contributed by atoms with Crippen molar-refractivity contribution >= 4 is 38.0 Å². The van der Waals surface area contributed by atoms with Crippen LogP contribution in [0.15, 0.2) is 29.2 Å². The molecule has 0 aliphatic rings. The summed E-state index contributed by atoms with van der Waals surface area (Å²) in [6, 6.07) is 4.08. The Morgan fingerprint density at radius 2 is 1.62 bits per heavy atom. The summed E-state index contributed by atoms with van der Waals surface area (Å²) in [6.07, 6.45) is 0.946. The first kappa shape index (κ1) is 26.7. The van der Waals surface area contributed by atoms with E-state index in [-0.39, 0.29) is 35.4 Å². The molecule has 0 saturated heterocycles. The second kappa shape index (κ2) is 11.1. The van der Waals surface area contributed by atoms with E-state index in [0.29, 0.717) is 0 Å². The third kappa shape index (κ3) is 8.13. The van der Waals surface area contributed by atoms with Gasteiger partial charge in [0.1, 0.15) is 6.61 Å². The Bertz CT molecular complexity index is 1260. The van der Waals surface area contributed by atoms with Crippen LogP contribution in [0.2, 0.25) is 0 Å². The maximum atomic E-state index is 13.0. The molecule has 0 bridgehead atoms. The number of urea groups is 1. The number of carbonyl (C=O) groups excluding carboxylic acids is 2. The molecule has 2 amide bonds. The van der Waals surface area contributed by atoms with Gasteiger partial charge in [0.2, 0.25) is 27.7 Å². The van der Waals surface area contributed by atoms with E-state index in [1.165, 1.54) is 32.4 Å². The van der Waals surface area contributed by atoms with Crippen LogP contribution in [0.3, 0.4) is 0 Å². The molecule has 1 heterocycles. The average Bonchev–Trinajstić information content (AvgIpc) is 2.75. The summed E-state index contributed by atoms with van der Waals surface area (Å²) in [4.78, 5) is 30.9. The van der Waals surface area contributed by atoms with E-state index < -0.39 is 43.5 Å². The first-order chi connectivity index (χ1) is 15.8. The highest BCUT2D eigenvalue weighted by atomic mass is 32.2. The maximum Gasteiger partial charge on any atom is 0.335 e. The zero-order valence-corrected chi connectivity index (χ0v) is 20.2. The van der Waals surface area contributed by atoms with Gasteiger partial charge in [-0.05, 0) is 11.6 Å². The molecule has 0 unspecified atom stereocenters. The number of ether oxygens (including phenoxy) is 3. The molecule has 0 atom stereocenters.